The van der Waals surface area contributed by atoms with Crippen molar-refractivity contribution in [2.24, 2.45) is 52.3 Å². The average molecular weight is 478 g/mol. The Bertz CT molecular complexity index is 895. The van der Waals surface area contributed by atoms with Crippen LogP contribution in [0.1, 0.15) is 98.8 Å². The molecule has 9 atom stereocenters. The molecule has 5 rings (SSSR count). The maximum Gasteiger partial charge on any atom is 0.0577 e. The lowest BCUT2D eigenvalue weighted by Gasteiger charge is -2.58. The van der Waals surface area contributed by atoms with E-state index >= 15 is 0 Å². The lowest BCUT2D eigenvalue weighted by atomic mass is 9.47. The fraction of sp³-hybridized carbons (Fsp3) is 0.758. The lowest BCUT2D eigenvalue weighted by molar-refractivity contribution is -0.0579. The summed E-state index contributed by atoms with van der Waals surface area (Å²) in [5, 5.41) is 13.9. The zero-order valence-electron chi connectivity index (χ0n) is 23.1. The van der Waals surface area contributed by atoms with Crippen molar-refractivity contribution >= 4 is 0 Å². The summed E-state index contributed by atoms with van der Waals surface area (Å²) in [5.41, 5.74) is 3.88. The number of rotatable bonds is 6. The summed E-state index contributed by atoms with van der Waals surface area (Å²) in [7, 11) is 0. The Morgan fingerprint density at radius 1 is 0.971 bits per heavy atom. The highest BCUT2D eigenvalue weighted by Crippen LogP contribution is 2.67. The standard InChI is InChI=1S/C33H51NO/c1-22(2)19-24(31-9-7-6-8-18-34-31)20-23(3)28-12-13-29-27-11-10-25-21-26(35)14-16-32(25,4)30(27)15-17-33(28,29)5/h6-10,18,22-24,26-30,34-35H,11-17,19-21H2,1-5H3/t23-,24?,26+,27+,28-,29+,30+,32+,33-/m1/s1. The highest BCUT2D eigenvalue weighted by molar-refractivity contribution is 5.26. The van der Waals surface area contributed by atoms with Crippen LogP contribution in [0.25, 0.3) is 0 Å². The van der Waals surface area contributed by atoms with Gasteiger partial charge in [0.2, 0.25) is 0 Å². The topological polar surface area (TPSA) is 32.3 Å². The summed E-state index contributed by atoms with van der Waals surface area (Å²) in [6.45, 7) is 12.6. The molecule has 0 bridgehead atoms. The number of hydrogen-bond acceptors (Lipinski definition) is 2. The molecule has 0 aromatic rings. The molecule has 1 heterocycles. The van der Waals surface area contributed by atoms with Gasteiger partial charge in [-0.1, -0.05) is 58.4 Å². The van der Waals surface area contributed by atoms with Gasteiger partial charge in [-0.2, -0.15) is 0 Å². The van der Waals surface area contributed by atoms with Crippen molar-refractivity contribution in [3.63, 3.8) is 0 Å². The van der Waals surface area contributed by atoms with Gasteiger partial charge in [0.1, 0.15) is 0 Å². The van der Waals surface area contributed by atoms with Crippen LogP contribution >= 0.6 is 0 Å². The van der Waals surface area contributed by atoms with Crippen LogP contribution < -0.4 is 5.32 Å². The molecule has 5 aliphatic rings. The second-order valence-electron chi connectivity index (χ2n) is 13.9. The van der Waals surface area contributed by atoms with Crippen LogP contribution in [0.2, 0.25) is 0 Å². The third-order valence-corrected chi connectivity index (χ3v) is 11.5. The molecular formula is C33H51NO. The van der Waals surface area contributed by atoms with Gasteiger partial charge < -0.3 is 10.4 Å². The van der Waals surface area contributed by atoms with E-state index in [2.05, 4.69) is 76.5 Å². The maximum atomic E-state index is 10.3. The average Bonchev–Trinajstić information content (AvgIpc) is 2.97. The van der Waals surface area contributed by atoms with Crippen molar-refractivity contribution in [3.8, 4) is 0 Å². The van der Waals surface area contributed by atoms with Crippen LogP contribution in [0.3, 0.4) is 0 Å². The number of fused-ring (bicyclic) bond motifs is 5. The fourth-order valence-electron chi connectivity index (χ4n) is 9.87. The Labute approximate surface area is 215 Å². The zero-order chi connectivity index (χ0) is 24.8. The second kappa shape index (κ2) is 9.88. The predicted octanol–water partition coefficient (Wildman–Crippen LogP) is 8.17. The minimum Gasteiger partial charge on any atom is -0.393 e. The van der Waals surface area contributed by atoms with Crippen molar-refractivity contribution in [1.82, 2.24) is 5.32 Å². The van der Waals surface area contributed by atoms with Crippen LogP contribution in [-0.4, -0.2) is 11.2 Å². The highest BCUT2D eigenvalue weighted by Gasteiger charge is 2.59. The van der Waals surface area contributed by atoms with E-state index in [1.165, 1.54) is 57.1 Å². The number of aliphatic hydroxyl groups excluding tert-OH is 1. The van der Waals surface area contributed by atoms with Gasteiger partial charge in [-0.3, -0.25) is 0 Å². The van der Waals surface area contributed by atoms with Crippen LogP contribution in [-0.2, 0) is 0 Å². The van der Waals surface area contributed by atoms with E-state index < -0.39 is 0 Å². The Kier molecular flexibility index (Phi) is 7.16. The van der Waals surface area contributed by atoms with Gasteiger partial charge in [0.25, 0.3) is 0 Å². The smallest absolute Gasteiger partial charge is 0.0577 e. The normalized spacial score (nSPS) is 42.2. The van der Waals surface area contributed by atoms with Gasteiger partial charge in [0, 0.05) is 11.9 Å². The molecule has 3 fully saturated rings. The molecule has 0 aromatic carbocycles. The number of hydrogen-bond donors (Lipinski definition) is 2. The second-order valence-corrected chi connectivity index (χ2v) is 13.9. The van der Waals surface area contributed by atoms with Crippen molar-refractivity contribution in [3.05, 3.63) is 47.9 Å². The Morgan fingerprint density at radius 2 is 1.80 bits per heavy atom. The number of nitrogens with one attached hydrogen (secondary N) is 1. The van der Waals surface area contributed by atoms with E-state index in [1.807, 2.05) is 0 Å². The van der Waals surface area contributed by atoms with Gasteiger partial charge in [-0.05, 0) is 129 Å². The molecule has 194 valence electrons. The monoisotopic (exact) mass is 477 g/mol. The molecule has 4 aliphatic carbocycles. The molecule has 0 spiro atoms. The Balaban J connectivity index is 1.33. The minimum absolute atomic E-state index is 0.0979. The van der Waals surface area contributed by atoms with Crippen molar-refractivity contribution in [2.75, 3.05) is 0 Å². The summed E-state index contributed by atoms with van der Waals surface area (Å²) in [4.78, 5) is 0. The van der Waals surface area contributed by atoms with Gasteiger partial charge in [-0.15, -0.1) is 0 Å². The summed E-state index contributed by atoms with van der Waals surface area (Å²) in [5.74, 6) is 5.54. The number of allylic oxidation sites excluding steroid dienone is 6. The largest absolute Gasteiger partial charge is 0.393 e. The Hall–Kier alpha value is -1.28. The van der Waals surface area contributed by atoms with Gasteiger partial charge in [0.05, 0.1) is 6.10 Å². The van der Waals surface area contributed by atoms with Crippen molar-refractivity contribution in [2.45, 2.75) is 105 Å². The first-order valence-electron chi connectivity index (χ1n) is 14.9. The molecule has 2 nitrogen and oxygen atoms in total. The molecular weight excluding hydrogens is 426 g/mol. The van der Waals surface area contributed by atoms with Gasteiger partial charge in [-0.25, -0.2) is 0 Å². The highest BCUT2D eigenvalue weighted by atomic mass is 16.3. The van der Waals surface area contributed by atoms with E-state index in [0.29, 0.717) is 22.7 Å². The molecule has 2 heteroatoms. The summed E-state index contributed by atoms with van der Waals surface area (Å²) in [6.07, 6.45) is 26.0. The summed E-state index contributed by atoms with van der Waals surface area (Å²) in [6, 6.07) is 0. The van der Waals surface area contributed by atoms with Crippen LogP contribution in [0.15, 0.2) is 47.9 Å². The molecule has 0 aromatic heterocycles. The molecule has 2 N–H and O–H groups in total. The lowest BCUT2D eigenvalue weighted by Crippen LogP contribution is -2.50. The van der Waals surface area contributed by atoms with E-state index in [1.54, 1.807) is 5.57 Å². The summed E-state index contributed by atoms with van der Waals surface area (Å²) >= 11 is 0. The van der Waals surface area contributed by atoms with Crippen LogP contribution in [0, 0.1) is 52.3 Å². The predicted molar refractivity (Wildman–Crippen MR) is 147 cm³/mol. The van der Waals surface area contributed by atoms with Gasteiger partial charge >= 0.3 is 0 Å². The third kappa shape index (κ3) is 4.62. The fourth-order valence-corrected chi connectivity index (χ4v) is 9.87. The number of aliphatic hydroxyl groups is 1. The zero-order valence-corrected chi connectivity index (χ0v) is 23.1. The van der Waals surface area contributed by atoms with Crippen LogP contribution in [0.5, 0.6) is 0 Å². The Morgan fingerprint density at radius 3 is 2.60 bits per heavy atom. The molecule has 0 saturated heterocycles. The van der Waals surface area contributed by atoms with E-state index in [9.17, 15) is 5.11 Å². The van der Waals surface area contributed by atoms with E-state index in [0.717, 1.165) is 42.4 Å². The quantitative estimate of drug-likeness (QED) is 0.378. The first-order valence-corrected chi connectivity index (χ1v) is 14.9. The molecule has 35 heavy (non-hydrogen) atoms. The third-order valence-electron chi connectivity index (χ3n) is 11.5. The molecule has 3 saturated carbocycles. The molecule has 1 aliphatic heterocycles. The van der Waals surface area contributed by atoms with E-state index in [4.69, 9.17) is 0 Å². The van der Waals surface area contributed by atoms with Crippen molar-refractivity contribution in [1.29, 1.82) is 0 Å². The first kappa shape index (κ1) is 25.4. The molecule has 0 radical (unpaired) electrons. The van der Waals surface area contributed by atoms with Crippen molar-refractivity contribution < 1.29 is 5.11 Å². The van der Waals surface area contributed by atoms with E-state index in [-0.39, 0.29) is 6.10 Å². The maximum absolute atomic E-state index is 10.3. The minimum atomic E-state index is -0.0979. The molecule has 1 unspecified atom stereocenters. The molecule has 0 amide bonds. The SMILES string of the molecule is CC(C)CC(C[C@@H](C)[C@H]1CC[C@H]2[C@@H]3CC=C4C[C@@H](O)CC[C@]4(C)[C@H]3CC[C@]12C)C1=CC=CC=CN1. The first-order chi connectivity index (χ1) is 16.7. The van der Waals surface area contributed by atoms with Crippen LogP contribution in [0.4, 0.5) is 0 Å². The summed E-state index contributed by atoms with van der Waals surface area (Å²) < 4.78 is 0. The van der Waals surface area contributed by atoms with Gasteiger partial charge in [0.15, 0.2) is 0 Å².